The van der Waals surface area contributed by atoms with Crippen molar-refractivity contribution in [2.45, 2.75) is 59.8 Å². The molecule has 1 aromatic heterocycles. The Morgan fingerprint density at radius 2 is 1.90 bits per heavy atom. The quantitative estimate of drug-likeness (QED) is 0.840. The standard InChI is InChI=1S/C16H29N3O/c1-12-18-15(20-19-12)9-10-17-11-13-5-7-14(8-6-13)16(2,3)4/h13-14,17H,5-11H2,1-4H3. The maximum absolute atomic E-state index is 5.11. The molecule has 0 radical (unpaired) electrons. The number of hydrogen-bond donors (Lipinski definition) is 1. The van der Waals surface area contributed by atoms with Crippen molar-refractivity contribution in [3.63, 3.8) is 0 Å². The lowest BCUT2D eigenvalue weighted by Crippen LogP contribution is -2.31. The van der Waals surface area contributed by atoms with E-state index in [9.17, 15) is 0 Å². The monoisotopic (exact) mass is 279 g/mol. The van der Waals surface area contributed by atoms with Gasteiger partial charge < -0.3 is 9.84 Å². The molecule has 0 spiro atoms. The van der Waals surface area contributed by atoms with Crippen molar-refractivity contribution in [2.24, 2.45) is 17.3 Å². The van der Waals surface area contributed by atoms with Gasteiger partial charge in [0.15, 0.2) is 5.82 Å². The van der Waals surface area contributed by atoms with Crippen LogP contribution in [0.4, 0.5) is 0 Å². The Bertz CT molecular complexity index is 400. The summed E-state index contributed by atoms with van der Waals surface area (Å²) in [5.74, 6) is 3.21. The van der Waals surface area contributed by atoms with Crippen molar-refractivity contribution in [3.8, 4) is 0 Å². The zero-order valence-electron chi connectivity index (χ0n) is 13.4. The highest BCUT2D eigenvalue weighted by molar-refractivity contribution is 4.84. The lowest BCUT2D eigenvalue weighted by Gasteiger charge is -2.37. The fourth-order valence-electron chi connectivity index (χ4n) is 3.18. The van der Waals surface area contributed by atoms with Crippen LogP contribution in [0.1, 0.15) is 58.2 Å². The molecule has 0 aromatic carbocycles. The second-order valence-corrected chi connectivity index (χ2v) is 7.27. The molecule has 0 aliphatic heterocycles. The summed E-state index contributed by atoms with van der Waals surface area (Å²) in [5.41, 5.74) is 0.480. The Kier molecular flexibility index (Phi) is 5.19. The molecule has 1 aliphatic carbocycles. The van der Waals surface area contributed by atoms with E-state index in [0.717, 1.165) is 43.1 Å². The number of aryl methyl sites for hydroxylation is 1. The molecule has 1 aliphatic rings. The molecule has 1 N–H and O–H groups in total. The van der Waals surface area contributed by atoms with Crippen molar-refractivity contribution >= 4 is 0 Å². The predicted molar refractivity (Wildman–Crippen MR) is 80.5 cm³/mol. The summed E-state index contributed by atoms with van der Waals surface area (Å²) in [6.45, 7) is 11.0. The molecule has 0 amide bonds. The van der Waals surface area contributed by atoms with Crippen molar-refractivity contribution in [1.82, 2.24) is 15.5 Å². The van der Waals surface area contributed by atoms with Crippen LogP contribution in [0, 0.1) is 24.2 Å². The molecule has 4 heteroatoms. The van der Waals surface area contributed by atoms with Crippen molar-refractivity contribution in [3.05, 3.63) is 11.7 Å². The van der Waals surface area contributed by atoms with Gasteiger partial charge in [0, 0.05) is 13.0 Å². The molecule has 1 heterocycles. The van der Waals surface area contributed by atoms with E-state index >= 15 is 0 Å². The van der Waals surface area contributed by atoms with E-state index in [-0.39, 0.29) is 0 Å². The molecule has 0 saturated heterocycles. The van der Waals surface area contributed by atoms with Gasteiger partial charge in [0.05, 0.1) is 0 Å². The van der Waals surface area contributed by atoms with Gasteiger partial charge >= 0.3 is 0 Å². The molecular formula is C16H29N3O. The highest BCUT2D eigenvalue weighted by Crippen LogP contribution is 2.39. The first-order chi connectivity index (χ1) is 9.45. The van der Waals surface area contributed by atoms with Gasteiger partial charge in [-0.1, -0.05) is 25.9 Å². The predicted octanol–water partition coefficient (Wildman–Crippen LogP) is 3.36. The third kappa shape index (κ3) is 4.58. The summed E-state index contributed by atoms with van der Waals surface area (Å²) in [7, 11) is 0. The van der Waals surface area contributed by atoms with Crippen LogP contribution in [0.2, 0.25) is 0 Å². The molecule has 1 aromatic rings. The van der Waals surface area contributed by atoms with E-state index in [2.05, 4.69) is 36.2 Å². The van der Waals surface area contributed by atoms with Gasteiger partial charge in [0.2, 0.25) is 5.89 Å². The summed E-state index contributed by atoms with van der Waals surface area (Å²) < 4.78 is 5.11. The Balaban J connectivity index is 1.59. The molecule has 0 bridgehead atoms. The number of nitrogens with zero attached hydrogens (tertiary/aromatic N) is 2. The smallest absolute Gasteiger partial charge is 0.227 e. The summed E-state index contributed by atoms with van der Waals surface area (Å²) in [6.07, 6.45) is 6.35. The zero-order chi connectivity index (χ0) is 14.6. The molecule has 114 valence electrons. The number of rotatable bonds is 5. The fraction of sp³-hybridized carbons (Fsp3) is 0.875. The highest BCUT2D eigenvalue weighted by atomic mass is 16.5. The Hall–Kier alpha value is -0.900. The Labute approximate surface area is 122 Å². The molecule has 4 nitrogen and oxygen atoms in total. The third-order valence-corrected chi connectivity index (χ3v) is 4.59. The van der Waals surface area contributed by atoms with Crippen molar-refractivity contribution in [1.29, 1.82) is 0 Å². The second-order valence-electron chi connectivity index (χ2n) is 7.27. The van der Waals surface area contributed by atoms with Crippen LogP contribution >= 0.6 is 0 Å². The van der Waals surface area contributed by atoms with Crippen molar-refractivity contribution in [2.75, 3.05) is 13.1 Å². The molecular weight excluding hydrogens is 250 g/mol. The summed E-state index contributed by atoms with van der Waals surface area (Å²) in [4.78, 5) is 4.21. The molecule has 2 rings (SSSR count). The van der Waals surface area contributed by atoms with Crippen LogP contribution in [0.25, 0.3) is 0 Å². The highest BCUT2D eigenvalue weighted by Gasteiger charge is 2.29. The van der Waals surface area contributed by atoms with E-state index < -0.39 is 0 Å². The maximum Gasteiger partial charge on any atom is 0.227 e. The van der Waals surface area contributed by atoms with Crippen LogP contribution in [0.5, 0.6) is 0 Å². The first-order valence-corrected chi connectivity index (χ1v) is 7.95. The fourth-order valence-corrected chi connectivity index (χ4v) is 3.18. The van der Waals surface area contributed by atoms with Gasteiger partial charge in [0.25, 0.3) is 0 Å². The van der Waals surface area contributed by atoms with Gasteiger partial charge in [-0.3, -0.25) is 0 Å². The number of nitrogens with one attached hydrogen (secondary N) is 1. The number of aromatic nitrogens is 2. The Morgan fingerprint density at radius 1 is 1.20 bits per heavy atom. The van der Waals surface area contributed by atoms with Crippen LogP contribution in [0.15, 0.2) is 4.52 Å². The Morgan fingerprint density at radius 3 is 2.45 bits per heavy atom. The van der Waals surface area contributed by atoms with Crippen LogP contribution in [-0.4, -0.2) is 23.2 Å². The maximum atomic E-state index is 5.11. The van der Waals surface area contributed by atoms with Crippen LogP contribution in [0.3, 0.4) is 0 Å². The minimum Gasteiger partial charge on any atom is -0.339 e. The average molecular weight is 279 g/mol. The molecule has 1 saturated carbocycles. The van der Waals surface area contributed by atoms with Crippen LogP contribution < -0.4 is 5.32 Å². The summed E-state index contributed by atoms with van der Waals surface area (Å²) in [6, 6.07) is 0. The molecule has 0 atom stereocenters. The summed E-state index contributed by atoms with van der Waals surface area (Å²) in [5, 5.41) is 7.34. The largest absolute Gasteiger partial charge is 0.339 e. The van der Waals surface area contributed by atoms with E-state index in [1.807, 2.05) is 6.92 Å². The van der Waals surface area contributed by atoms with E-state index in [1.54, 1.807) is 0 Å². The number of hydrogen-bond acceptors (Lipinski definition) is 4. The van der Waals surface area contributed by atoms with Gasteiger partial charge in [0.1, 0.15) is 0 Å². The minimum atomic E-state index is 0.480. The normalized spacial score (nSPS) is 24.0. The van der Waals surface area contributed by atoms with E-state index in [4.69, 9.17) is 4.52 Å². The average Bonchev–Trinajstić information content (AvgIpc) is 2.80. The lowest BCUT2D eigenvalue weighted by atomic mass is 9.70. The van der Waals surface area contributed by atoms with Crippen molar-refractivity contribution < 1.29 is 4.52 Å². The SMILES string of the molecule is Cc1noc(CCNCC2CCC(C(C)(C)C)CC2)n1. The molecule has 0 unspecified atom stereocenters. The van der Waals surface area contributed by atoms with Gasteiger partial charge in [-0.15, -0.1) is 0 Å². The topological polar surface area (TPSA) is 51.0 Å². The molecule has 20 heavy (non-hydrogen) atoms. The second kappa shape index (κ2) is 6.70. The van der Waals surface area contributed by atoms with Gasteiger partial charge in [-0.25, -0.2) is 0 Å². The van der Waals surface area contributed by atoms with Gasteiger partial charge in [-0.05, 0) is 56.4 Å². The van der Waals surface area contributed by atoms with Gasteiger partial charge in [-0.2, -0.15) is 4.98 Å². The first-order valence-electron chi connectivity index (χ1n) is 7.95. The minimum absolute atomic E-state index is 0.480. The zero-order valence-corrected chi connectivity index (χ0v) is 13.4. The van der Waals surface area contributed by atoms with E-state index in [0.29, 0.717) is 5.41 Å². The van der Waals surface area contributed by atoms with Crippen LogP contribution in [-0.2, 0) is 6.42 Å². The molecule has 1 fully saturated rings. The lowest BCUT2D eigenvalue weighted by molar-refractivity contribution is 0.149. The summed E-state index contributed by atoms with van der Waals surface area (Å²) >= 11 is 0. The third-order valence-electron chi connectivity index (χ3n) is 4.59. The first kappa shape index (κ1) is 15.5. The van der Waals surface area contributed by atoms with E-state index in [1.165, 1.54) is 25.7 Å².